The van der Waals surface area contributed by atoms with Gasteiger partial charge < -0.3 is 28.8 Å². The Morgan fingerprint density at radius 1 is 1.04 bits per heavy atom. The monoisotopic (exact) mass is 647 g/mol. The molecule has 6 rings (SSSR count). The van der Waals surface area contributed by atoms with Gasteiger partial charge in [-0.3, -0.25) is 4.79 Å². The zero-order valence-corrected chi connectivity index (χ0v) is 25.3. The van der Waals surface area contributed by atoms with Gasteiger partial charge in [-0.1, -0.05) is 60.5 Å². The molecule has 0 radical (unpaired) electrons. The third-order valence-electron chi connectivity index (χ3n) is 7.96. The number of benzene rings is 2. The number of halogens is 3. The van der Waals surface area contributed by atoms with Gasteiger partial charge in [0.1, 0.15) is 18.5 Å². The number of hydrogen-bond donors (Lipinski definition) is 1. The number of nitrogens with zero attached hydrogens (tertiary/aromatic N) is 4. The summed E-state index contributed by atoms with van der Waals surface area (Å²) in [5, 5.41) is 2.74. The third-order valence-corrected chi connectivity index (χ3v) is 7.96. The smallest absolute Gasteiger partial charge is 0.432 e. The summed E-state index contributed by atoms with van der Waals surface area (Å²) in [6.07, 6.45) is 1.61. The lowest BCUT2D eigenvalue weighted by atomic mass is 9.92. The van der Waals surface area contributed by atoms with Crippen LogP contribution in [0.5, 0.6) is 0 Å². The number of methoxy groups -OCH3 is 1. The standard InChI is InChI=1S/C33H28F3N5O6/c1-5-23(45-30(43)32(44-4,33(34,35)36)20-14-10-7-11-15-20)21-16-22(26-25(21)46-31(2,3)47-26)41-18-39-24-27(37-17-38-28(24)41)40-29(42)19-12-8-6-9-13-19/h1,6-18,22-23,25-26H,2-4H3,(H,37,38,40,42)/t22-,23-,25-,26+,32-/m1/s1. The van der Waals surface area contributed by atoms with Crippen LogP contribution in [0.1, 0.15) is 35.8 Å². The second-order valence-electron chi connectivity index (χ2n) is 11.2. The highest BCUT2D eigenvalue weighted by atomic mass is 19.4. The minimum atomic E-state index is -5.20. The van der Waals surface area contributed by atoms with Gasteiger partial charge in [0, 0.05) is 23.8 Å². The van der Waals surface area contributed by atoms with Gasteiger partial charge in [-0.05, 0) is 26.0 Å². The Balaban J connectivity index is 1.36. The fourth-order valence-electron chi connectivity index (χ4n) is 5.86. The molecule has 1 fully saturated rings. The van der Waals surface area contributed by atoms with Crippen LogP contribution in [0, 0.1) is 12.3 Å². The summed E-state index contributed by atoms with van der Waals surface area (Å²) in [7, 11) is 0.770. The average Bonchev–Trinajstić information content (AvgIpc) is 3.71. The van der Waals surface area contributed by atoms with Crippen LogP contribution >= 0.6 is 0 Å². The van der Waals surface area contributed by atoms with E-state index in [9.17, 15) is 22.8 Å². The highest BCUT2D eigenvalue weighted by molar-refractivity contribution is 6.06. The number of esters is 1. The van der Waals surface area contributed by atoms with Gasteiger partial charge in [-0.25, -0.2) is 19.7 Å². The number of terminal acetylenes is 1. The number of carbonyl (C=O) groups excluding carboxylic acids is 2. The van der Waals surface area contributed by atoms with E-state index in [4.69, 9.17) is 25.4 Å². The molecule has 242 valence electrons. The second kappa shape index (κ2) is 11.9. The Labute approximate surface area is 266 Å². The molecule has 5 atom stereocenters. The van der Waals surface area contributed by atoms with Crippen LogP contribution in [0.4, 0.5) is 19.0 Å². The number of hydrogen-bond acceptors (Lipinski definition) is 9. The van der Waals surface area contributed by atoms with E-state index in [1.54, 1.807) is 54.8 Å². The van der Waals surface area contributed by atoms with Crippen LogP contribution in [0.3, 0.4) is 0 Å². The molecule has 3 heterocycles. The molecule has 0 bridgehead atoms. The van der Waals surface area contributed by atoms with Gasteiger partial charge in [-0.2, -0.15) is 13.2 Å². The zero-order chi connectivity index (χ0) is 33.6. The van der Waals surface area contributed by atoms with Crippen molar-refractivity contribution in [2.45, 2.75) is 55.8 Å². The van der Waals surface area contributed by atoms with Crippen molar-refractivity contribution in [2.75, 3.05) is 12.4 Å². The van der Waals surface area contributed by atoms with Crippen molar-refractivity contribution in [1.29, 1.82) is 0 Å². The average molecular weight is 648 g/mol. The Hall–Kier alpha value is -5.10. The van der Waals surface area contributed by atoms with Gasteiger partial charge >= 0.3 is 12.1 Å². The first-order valence-corrected chi connectivity index (χ1v) is 14.4. The molecular formula is C33H28F3N5O6. The molecule has 1 aliphatic carbocycles. The van der Waals surface area contributed by atoms with E-state index in [0.29, 0.717) is 11.2 Å². The van der Waals surface area contributed by atoms with E-state index in [-0.39, 0.29) is 16.9 Å². The number of nitrogens with one attached hydrogen (secondary N) is 1. The lowest BCUT2D eigenvalue weighted by Gasteiger charge is -2.33. The fraction of sp³-hybridized carbons (Fsp3) is 0.303. The SMILES string of the molecule is C#C[C@@H](OC(=O)[C@](OC)(c1ccccc1)C(F)(F)F)C1=C[C@@H](n2cnc3c(NC(=O)c4ccccc4)ncnc32)[C@@H]2OC(C)(C)O[C@H]12. The van der Waals surface area contributed by atoms with E-state index in [2.05, 4.69) is 26.2 Å². The van der Waals surface area contributed by atoms with Crippen LogP contribution in [-0.4, -0.2) is 68.8 Å². The Morgan fingerprint density at radius 2 is 1.72 bits per heavy atom. The summed E-state index contributed by atoms with van der Waals surface area (Å²) in [6, 6.07) is 14.2. The molecule has 1 N–H and O–H groups in total. The molecule has 2 aromatic heterocycles. The van der Waals surface area contributed by atoms with Crippen LogP contribution < -0.4 is 5.32 Å². The maximum absolute atomic E-state index is 14.6. The number of aromatic nitrogens is 4. The highest BCUT2D eigenvalue weighted by Gasteiger charge is 2.65. The molecule has 2 aliphatic rings. The maximum Gasteiger partial charge on any atom is 0.432 e. The molecule has 14 heteroatoms. The molecule has 4 aromatic rings. The number of imidazole rings is 1. The van der Waals surface area contributed by atoms with Gasteiger partial charge in [0.25, 0.3) is 11.5 Å². The Kier molecular flexibility index (Phi) is 8.08. The minimum absolute atomic E-state index is 0.157. The summed E-state index contributed by atoms with van der Waals surface area (Å²) in [4.78, 5) is 39.3. The number of alkyl halides is 3. The summed E-state index contributed by atoms with van der Waals surface area (Å²) in [5.74, 6) is -0.838. The van der Waals surface area contributed by atoms with Gasteiger partial charge in [0.15, 0.2) is 28.9 Å². The number of fused-ring (bicyclic) bond motifs is 2. The van der Waals surface area contributed by atoms with E-state index in [1.165, 1.54) is 30.9 Å². The number of anilines is 1. The molecule has 47 heavy (non-hydrogen) atoms. The fourth-order valence-corrected chi connectivity index (χ4v) is 5.86. The molecule has 0 saturated carbocycles. The quantitative estimate of drug-likeness (QED) is 0.164. The van der Waals surface area contributed by atoms with Gasteiger partial charge in [0.05, 0.1) is 12.4 Å². The molecule has 1 saturated heterocycles. The highest BCUT2D eigenvalue weighted by Crippen LogP contribution is 2.47. The van der Waals surface area contributed by atoms with Gasteiger partial charge in [0.2, 0.25) is 0 Å². The topological polar surface area (TPSA) is 127 Å². The second-order valence-corrected chi connectivity index (χ2v) is 11.2. The van der Waals surface area contributed by atoms with Crippen LogP contribution in [-0.2, 0) is 29.3 Å². The molecule has 2 aromatic carbocycles. The van der Waals surface area contributed by atoms with Crippen molar-refractivity contribution in [2.24, 2.45) is 0 Å². The van der Waals surface area contributed by atoms with Gasteiger partial charge in [-0.15, -0.1) is 6.42 Å². The maximum atomic E-state index is 14.6. The van der Waals surface area contributed by atoms with Crippen molar-refractivity contribution < 1.29 is 41.7 Å². The Morgan fingerprint density at radius 3 is 2.36 bits per heavy atom. The normalized spacial score (nSPS) is 22.1. The minimum Gasteiger partial charge on any atom is -0.442 e. The Bertz CT molecular complexity index is 1890. The number of ether oxygens (including phenoxy) is 4. The first-order chi connectivity index (χ1) is 22.4. The molecule has 0 unspecified atom stereocenters. The zero-order valence-electron chi connectivity index (χ0n) is 25.3. The predicted octanol–water partition coefficient (Wildman–Crippen LogP) is 4.73. The number of carbonyl (C=O) groups is 2. The molecule has 1 amide bonds. The molecule has 1 aliphatic heterocycles. The van der Waals surface area contributed by atoms with Crippen molar-refractivity contribution in [1.82, 2.24) is 19.5 Å². The summed E-state index contributed by atoms with van der Waals surface area (Å²) < 4.78 is 68.0. The van der Waals surface area contributed by atoms with Crippen LogP contribution in [0.15, 0.2) is 85.0 Å². The van der Waals surface area contributed by atoms with Crippen molar-refractivity contribution >= 4 is 28.9 Å². The van der Waals surface area contributed by atoms with Crippen molar-refractivity contribution in [3.05, 3.63) is 96.1 Å². The summed E-state index contributed by atoms with van der Waals surface area (Å²) in [6.45, 7) is 3.33. The lowest BCUT2D eigenvalue weighted by molar-refractivity contribution is -0.277. The number of rotatable bonds is 8. The summed E-state index contributed by atoms with van der Waals surface area (Å²) >= 11 is 0. The molecule has 11 nitrogen and oxygen atoms in total. The van der Waals surface area contributed by atoms with E-state index >= 15 is 0 Å². The largest absolute Gasteiger partial charge is 0.442 e. The lowest BCUT2D eigenvalue weighted by Crippen LogP contribution is -2.52. The van der Waals surface area contributed by atoms with E-state index in [0.717, 1.165) is 19.2 Å². The first kappa shape index (κ1) is 31.9. The number of amides is 1. The molecular weight excluding hydrogens is 619 g/mol. The summed E-state index contributed by atoms with van der Waals surface area (Å²) in [5.41, 5.74) is -2.75. The predicted molar refractivity (Wildman–Crippen MR) is 161 cm³/mol. The van der Waals surface area contributed by atoms with E-state index in [1.807, 2.05) is 0 Å². The molecule has 0 spiro atoms. The van der Waals surface area contributed by atoms with Crippen LogP contribution in [0.25, 0.3) is 11.2 Å². The van der Waals surface area contributed by atoms with Crippen molar-refractivity contribution in [3.63, 3.8) is 0 Å². The van der Waals surface area contributed by atoms with Crippen molar-refractivity contribution in [3.8, 4) is 12.3 Å². The van der Waals surface area contributed by atoms with Crippen LogP contribution in [0.2, 0.25) is 0 Å². The van der Waals surface area contributed by atoms with E-state index < -0.39 is 59.4 Å². The third kappa shape index (κ3) is 5.52. The first-order valence-electron chi connectivity index (χ1n) is 14.4.